The Kier molecular flexibility index (Phi) is 5.46. The number of nitrogens with one attached hydrogen (secondary N) is 1. The van der Waals surface area contributed by atoms with Crippen molar-refractivity contribution in [1.82, 2.24) is 4.98 Å². The van der Waals surface area contributed by atoms with Gasteiger partial charge in [-0.15, -0.1) is 12.4 Å². The fourth-order valence-corrected chi connectivity index (χ4v) is 3.65. The van der Waals surface area contributed by atoms with E-state index in [0.29, 0.717) is 28.3 Å². The highest BCUT2D eigenvalue weighted by Gasteiger charge is 2.40. The van der Waals surface area contributed by atoms with Crippen molar-refractivity contribution < 1.29 is 23.5 Å². The summed E-state index contributed by atoms with van der Waals surface area (Å²) in [5.41, 5.74) is 1.90. The second-order valence-corrected chi connectivity index (χ2v) is 6.96. The molecule has 0 radical (unpaired) electrons. The summed E-state index contributed by atoms with van der Waals surface area (Å²) in [7, 11) is 0. The summed E-state index contributed by atoms with van der Waals surface area (Å²) < 4.78 is 18.9. The maximum atomic E-state index is 13.5. The van der Waals surface area contributed by atoms with Crippen LogP contribution in [0.15, 0.2) is 67.0 Å². The Morgan fingerprint density at radius 2 is 1.50 bits per heavy atom. The van der Waals surface area contributed by atoms with Crippen molar-refractivity contribution in [3.8, 4) is 5.75 Å². The van der Waals surface area contributed by atoms with Gasteiger partial charge in [0.05, 0.1) is 22.5 Å². The largest absolute Gasteiger partial charge is 0.482 e. The molecule has 1 N–H and O–H groups in total. The number of rotatable bonds is 3. The lowest BCUT2D eigenvalue weighted by Gasteiger charge is -2.19. The second kappa shape index (κ2) is 8.24. The van der Waals surface area contributed by atoms with Crippen molar-refractivity contribution in [3.63, 3.8) is 0 Å². The molecule has 3 heterocycles. The Balaban J connectivity index is 0.00000245. The third-order valence-electron chi connectivity index (χ3n) is 5.04. The van der Waals surface area contributed by atoms with Gasteiger partial charge in [0, 0.05) is 12.4 Å². The number of aromatic nitrogens is 1. The predicted octanol–water partition coefficient (Wildman–Crippen LogP) is 3.46. The van der Waals surface area contributed by atoms with Gasteiger partial charge in [-0.05, 0) is 47.5 Å². The van der Waals surface area contributed by atoms with E-state index in [0.717, 1.165) is 4.90 Å². The first-order valence-electron chi connectivity index (χ1n) is 9.39. The van der Waals surface area contributed by atoms with Gasteiger partial charge in [-0.3, -0.25) is 19.4 Å². The molecule has 3 amide bonds. The smallest absolute Gasteiger partial charge is 0.266 e. The van der Waals surface area contributed by atoms with Crippen LogP contribution in [0.5, 0.6) is 5.75 Å². The number of anilines is 2. The number of hydrogen-bond donors (Lipinski definition) is 1. The zero-order chi connectivity index (χ0) is 21.5. The van der Waals surface area contributed by atoms with E-state index in [-0.39, 0.29) is 36.1 Å². The summed E-state index contributed by atoms with van der Waals surface area (Å²) in [4.78, 5) is 43.5. The second-order valence-electron chi connectivity index (χ2n) is 6.96. The van der Waals surface area contributed by atoms with Crippen LogP contribution in [-0.2, 0) is 14.4 Å². The Morgan fingerprint density at radius 3 is 2.19 bits per heavy atom. The molecular weight excluding hydrogens is 437 g/mol. The molecule has 0 bridgehead atoms. The zero-order valence-electron chi connectivity index (χ0n) is 16.4. The quantitative estimate of drug-likeness (QED) is 0.616. The molecule has 9 heteroatoms. The van der Waals surface area contributed by atoms with Gasteiger partial charge >= 0.3 is 0 Å². The van der Waals surface area contributed by atoms with Crippen LogP contribution in [0.4, 0.5) is 15.8 Å². The third kappa shape index (κ3) is 3.50. The van der Waals surface area contributed by atoms with Gasteiger partial charge in [-0.25, -0.2) is 9.29 Å². The number of fused-ring (bicyclic) bond motifs is 1. The number of hydrogen-bond acceptors (Lipinski definition) is 5. The van der Waals surface area contributed by atoms with Gasteiger partial charge in [0.1, 0.15) is 11.6 Å². The Morgan fingerprint density at radius 1 is 0.875 bits per heavy atom. The predicted molar refractivity (Wildman–Crippen MR) is 118 cm³/mol. The van der Waals surface area contributed by atoms with E-state index in [1.165, 1.54) is 36.7 Å². The highest BCUT2D eigenvalue weighted by atomic mass is 35.5. The molecule has 5 rings (SSSR count). The van der Waals surface area contributed by atoms with Crippen molar-refractivity contribution in [3.05, 3.63) is 83.9 Å². The minimum Gasteiger partial charge on any atom is -0.482 e. The molecule has 0 unspecified atom stereocenters. The first kappa shape index (κ1) is 21.2. The number of ether oxygens (including phenoxy) is 1. The standard InChI is InChI=1S/C23H14FN3O4.ClH/c24-15-4-1-13(2-5-15)20-21(14-3-6-18-17(11-14)26-19(28)12-31-18)23(30)27(22(20)29)16-7-9-25-10-8-16;/h1-11H,12H2,(H,26,28);1H. The number of imide groups is 1. The van der Waals surface area contributed by atoms with E-state index in [9.17, 15) is 18.8 Å². The topological polar surface area (TPSA) is 88.6 Å². The van der Waals surface area contributed by atoms with Gasteiger partial charge in [0.25, 0.3) is 17.7 Å². The summed E-state index contributed by atoms with van der Waals surface area (Å²) in [5.74, 6) is -1.36. The van der Waals surface area contributed by atoms with Crippen LogP contribution >= 0.6 is 12.4 Å². The van der Waals surface area contributed by atoms with Crippen LogP contribution in [-0.4, -0.2) is 29.3 Å². The maximum absolute atomic E-state index is 13.5. The fourth-order valence-electron chi connectivity index (χ4n) is 3.65. The average molecular weight is 452 g/mol. The highest BCUT2D eigenvalue weighted by Crippen LogP contribution is 2.40. The molecule has 0 atom stereocenters. The molecule has 3 aromatic rings. The average Bonchev–Trinajstić information content (AvgIpc) is 3.04. The molecule has 0 aliphatic carbocycles. The molecule has 32 heavy (non-hydrogen) atoms. The Hall–Kier alpha value is -4.04. The number of carbonyl (C=O) groups is 3. The van der Waals surface area contributed by atoms with Crippen molar-refractivity contribution in [2.24, 2.45) is 0 Å². The van der Waals surface area contributed by atoms with Crippen LogP contribution in [0.2, 0.25) is 0 Å². The van der Waals surface area contributed by atoms with Crippen molar-refractivity contribution in [2.75, 3.05) is 16.8 Å². The molecule has 0 fully saturated rings. The summed E-state index contributed by atoms with van der Waals surface area (Å²) in [5, 5.41) is 2.70. The normalized spacial score (nSPS) is 15.2. The molecule has 1 aromatic heterocycles. The van der Waals surface area contributed by atoms with Crippen molar-refractivity contribution in [1.29, 1.82) is 0 Å². The SMILES string of the molecule is Cl.O=C1COc2ccc(C3=C(c4ccc(F)cc4)C(=O)N(c4ccncc4)C3=O)cc2N1. The highest BCUT2D eigenvalue weighted by molar-refractivity contribution is 6.57. The van der Waals surface area contributed by atoms with E-state index < -0.39 is 17.6 Å². The van der Waals surface area contributed by atoms with Gasteiger partial charge < -0.3 is 10.1 Å². The lowest BCUT2D eigenvalue weighted by Crippen LogP contribution is -2.31. The van der Waals surface area contributed by atoms with Gasteiger partial charge in [0.2, 0.25) is 0 Å². The lowest BCUT2D eigenvalue weighted by molar-refractivity contribution is -0.120. The van der Waals surface area contributed by atoms with E-state index in [2.05, 4.69) is 10.3 Å². The molecule has 0 saturated carbocycles. The Bertz CT molecular complexity index is 1280. The molecule has 2 aromatic carbocycles. The van der Waals surface area contributed by atoms with Crippen LogP contribution in [0, 0.1) is 5.82 Å². The number of pyridine rings is 1. The summed E-state index contributed by atoms with van der Waals surface area (Å²) in [6.45, 7) is -0.0941. The van der Waals surface area contributed by atoms with Gasteiger partial charge in [0.15, 0.2) is 6.61 Å². The monoisotopic (exact) mass is 451 g/mol. The fraction of sp³-hybridized carbons (Fsp3) is 0.0435. The molecule has 0 saturated heterocycles. The zero-order valence-corrected chi connectivity index (χ0v) is 17.2. The van der Waals surface area contributed by atoms with Crippen LogP contribution < -0.4 is 15.0 Å². The minimum absolute atomic E-state index is 0. The third-order valence-corrected chi connectivity index (χ3v) is 5.04. The van der Waals surface area contributed by atoms with E-state index in [1.54, 1.807) is 30.3 Å². The summed E-state index contributed by atoms with van der Waals surface area (Å²) >= 11 is 0. The number of carbonyl (C=O) groups excluding carboxylic acids is 3. The molecule has 2 aliphatic heterocycles. The first-order chi connectivity index (χ1) is 15.0. The molecular formula is C23H15ClFN3O4. The van der Waals surface area contributed by atoms with Gasteiger partial charge in [-0.1, -0.05) is 18.2 Å². The Labute approximate surface area is 187 Å². The lowest BCUT2D eigenvalue weighted by atomic mass is 9.95. The molecule has 160 valence electrons. The number of amides is 3. The van der Waals surface area contributed by atoms with E-state index >= 15 is 0 Å². The summed E-state index contributed by atoms with van der Waals surface area (Å²) in [6.07, 6.45) is 2.97. The first-order valence-corrected chi connectivity index (χ1v) is 9.39. The summed E-state index contributed by atoms with van der Waals surface area (Å²) in [6, 6.07) is 13.4. The number of nitrogens with zero attached hydrogens (tertiary/aromatic N) is 2. The van der Waals surface area contributed by atoms with Gasteiger partial charge in [-0.2, -0.15) is 0 Å². The number of halogens is 2. The molecule has 7 nitrogen and oxygen atoms in total. The maximum Gasteiger partial charge on any atom is 0.266 e. The van der Waals surface area contributed by atoms with Crippen LogP contribution in [0.3, 0.4) is 0 Å². The van der Waals surface area contributed by atoms with E-state index in [4.69, 9.17) is 4.74 Å². The minimum atomic E-state index is -0.532. The van der Waals surface area contributed by atoms with Crippen LogP contribution in [0.1, 0.15) is 11.1 Å². The van der Waals surface area contributed by atoms with Crippen molar-refractivity contribution in [2.45, 2.75) is 0 Å². The molecule has 2 aliphatic rings. The molecule has 0 spiro atoms. The van der Waals surface area contributed by atoms with Crippen LogP contribution in [0.25, 0.3) is 11.1 Å². The van der Waals surface area contributed by atoms with Crippen molar-refractivity contribution >= 4 is 52.6 Å². The van der Waals surface area contributed by atoms with E-state index in [1.807, 2.05) is 0 Å². The number of benzene rings is 2.